The maximum atomic E-state index is 13.2. The predicted octanol–water partition coefficient (Wildman–Crippen LogP) is 7.57. The Morgan fingerprint density at radius 3 is 2.54 bits per heavy atom. The van der Waals surface area contributed by atoms with Crippen molar-refractivity contribution in [3.63, 3.8) is 0 Å². The Hall–Kier alpha value is -3.62. The molecule has 1 heterocycles. The number of halogens is 2. The Morgan fingerprint density at radius 1 is 1.00 bits per heavy atom. The highest BCUT2D eigenvalue weighted by atomic mass is 79.9. The second kappa shape index (κ2) is 10.8. The number of carbonyl (C=O) groups excluding carboxylic acids is 2. The molecule has 0 N–H and O–H groups in total. The molecule has 5 rings (SSSR count). The van der Waals surface area contributed by atoms with Crippen LogP contribution in [0.1, 0.15) is 16.7 Å². The third-order valence-corrected chi connectivity index (χ3v) is 7.42. The van der Waals surface area contributed by atoms with Gasteiger partial charge in [0.15, 0.2) is 11.5 Å². The first-order chi connectivity index (χ1) is 17.9. The minimum absolute atomic E-state index is 0.201. The summed E-state index contributed by atoms with van der Waals surface area (Å²) in [6.45, 7) is 0.425. The van der Waals surface area contributed by atoms with E-state index in [-0.39, 0.29) is 30.1 Å². The van der Waals surface area contributed by atoms with E-state index in [4.69, 9.17) is 9.47 Å². The van der Waals surface area contributed by atoms with E-state index >= 15 is 0 Å². The highest BCUT2D eigenvalue weighted by Crippen LogP contribution is 2.40. The zero-order valence-corrected chi connectivity index (χ0v) is 22.1. The normalized spacial score (nSPS) is 14.6. The average Bonchev–Trinajstić information content (AvgIpc) is 3.16. The van der Waals surface area contributed by atoms with Crippen molar-refractivity contribution in [3.05, 3.63) is 111 Å². The summed E-state index contributed by atoms with van der Waals surface area (Å²) in [5, 5.41) is 1.76. The number of thioether (sulfide) groups is 1. The molecule has 5 nitrogen and oxygen atoms in total. The van der Waals surface area contributed by atoms with E-state index < -0.39 is 0 Å². The first-order valence-electron chi connectivity index (χ1n) is 11.4. The van der Waals surface area contributed by atoms with Crippen molar-refractivity contribution in [1.29, 1.82) is 0 Å². The van der Waals surface area contributed by atoms with E-state index in [0.717, 1.165) is 33.7 Å². The van der Waals surface area contributed by atoms with Gasteiger partial charge in [-0.25, -0.2) is 4.39 Å². The number of nitrogens with zero attached hydrogens (tertiary/aromatic N) is 1. The summed E-state index contributed by atoms with van der Waals surface area (Å²) in [6.07, 6.45) is 1.67. The van der Waals surface area contributed by atoms with Gasteiger partial charge < -0.3 is 9.47 Å². The molecule has 0 aromatic heterocycles. The van der Waals surface area contributed by atoms with Crippen LogP contribution in [0.2, 0.25) is 0 Å². The molecule has 1 aliphatic heterocycles. The van der Waals surface area contributed by atoms with E-state index in [0.29, 0.717) is 26.4 Å². The van der Waals surface area contributed by atoms with Gasteiger partial charge in [-0.1, -0.05) is 54.6 Å². The molecule has 1 aliphatic rings. The maximum absolute atomic E-state index is 13.2. The minimum Gasteiger partial charge on any atom is -0.493 e. The van der Waals surface area contributed by atoms with Crippen LogP contribution in [0.3, 0.4) is 0 Å². The van der Waals surface area contributed by atoms with E-state index in [1.54, 1.807) is 30.3 Å². The standard InChI is InChI=1S/C29H21BrFNO4S/c1-35-25-14-19(13-24(30)27(25)36-17-18-9-11-22(31)12-10-18)15-26-28(33)32(29(34)37-26)16-21-7-4-6-20-5-2-3-8-23(20)21/h2-15H,16-17H2,1H3/b26-15+. The average molecular weight is 578 g/mol. The van der Waals surface area contributed by atoms with Gasteiger partial charge >= 0.3 is 0 Å². The molecule has 37 heavy (non-hydrogen) atoms. The monoisotopic (exact) mass is 577 g/mol. The van der Waals surface area contributed by atoms with Gasteiger partial charge in [0.1, 0.15) is 12.4 Å². The van der Waals surface area contributed by atoms with Gasteiger partial charge in [-0.15, -0.1) is 0 Å². The molecule has 2 amide bonds. The van der Waals surface area contributed by atoms with E-state index in [1.807, 2.05) is 42.5 Å². The Morgan fingerprint density at radius 2 is 1.76 bits per heavy atom. The summed E-state index contributed by atoms with van der Waals surface area (Å²) in [5.41, 5.74) is 2.39. The molecule has 8 heteroatoms. The van der Waals surface area contributed by atoms with Gasteiger partial charge in [0.05, 0.1) is 23.0 Å². The first-order valence-corrected chi connectivity index (χ1v) is 13.0. The van der Waals surface area contributed by atoms with Crippen LogP contribution in [-0.4, -0.2) is 23.2 Å². The molecule has 0 unspecified atom stereocenters. The number of hydrogen-bond donors (Lipinski definition) is 0. The highest BCUT2D eigenvalue weighted by Gasteiger charge is 2.35. The Labute approximate surface area is 226 Å². The number of amides is 2. The second-order valence-corrected chi connectivity index (χ2v) is 10.2. The van der Waals surface area contributed by atoms with Crippen LogP contribution in [0.25, 0.3) is 16.8 Å². The van der Waals surface area contributed by atoms with Crippen molar-refractivity contribution in [2.24, 2.45) is 0 Å². The molecule has 4 aromatic rings. The molecule has 4 aromatic carbocycles. The third kappa shape index (κ3) is 5.40. The molecule has 186 valence electrons. The fourth-order valence-corrected chi connectivity index (χ4v) is 5.50. The Bertz CT molecular complexity index is 1530. The second-order valence-electron chi connectivity index (χ2n) is 8.36. The predicted molar refractivity (Wildman–Crippen MR) is 147 cm³/mol. The van der Waals surface area contributed by atoms with E-state index in [9.17, 15) is 14.0 Å². The van der Waals surface area contributed by atoms with Crippen LogP contribution in [0.5, 0.6) is 11.5 Å². The number of hydrogen-bond acceptors (Lipinski definition) is 5. The van der Waals surface area contributed by atoms with Crippen LogP contribution in [0, 0.1) is 5.82 Å². The molecule has 1 saturated heterocycles. The molecular weight excluding hydrogens is 557 g/mol. The molecule has 0 aliphatic carbocycles. The van der Waals surface area contributed by atoms with E-state index in [1.165, 1.54) is 24.1 Å². The van der Waals surface area contributed by atoms with E-state index in [2.05, 4.69) is 15.9 Å². The van der Waals surface area contributed by atoms with Gasteiger partial charge in [0, 0.05) is 0 Å². The summed E-state index contributed by atoms with van der Waals surface area (Å²) in [5.74, 6) is 0.286. The molecule has 0 spiro atoms. The minimum atomic E-state index is -0.338. The Balaban J connectivity index is 1.36. The SMILES string of the molecule is COc1cc(/C=C2/SC(=O)N(Cc3cccc4ccccc34)C2=O)cc(Br)c1OCc1ccc(F)cc1. The molecular formula is C29H21BrFNO4S. The zero-order chi connectivity index (χ0) is 25.9. The summed E-state index contributed by atoms with van der Waals surface area (Å²) in [6, 6.07) is 23.3. The molecule has 0 saturated carbocycles. The maximum Gasteiger partial charge on any atom is 0.293 e. The lowest BCUT2D eigenvalue weighted by atomic mass is 10.0. The summed E-state index contributed by atoms with van der Waals surface area (Å²) in [7, 11) is 1.52. The fourth-order valence-electron chi connectivity index (χ4n) is 4.09. The summed E-state index contributed by atoms with van der Waals surface area (Å²) >= 11 is 4.43. The number of fused-ring (bicyclic) bond motifs is 1. The lowest BCUT2D eigenvalue weighted by Crippen LogP contribution is -2.27. The topological polar surface area (TPSA) is 55.8 Å². The van der Waals surface area contributed by atoms with Gasteiger partial charge in [0.25, 0.3) is 11.1 Å². The Kier molecular flexibility index (Phi) is 7.30. The number of rotatable bonds is 7. The van der Waals surface area contributed by atoms with Crippen LogP contribution in [0.4, 0.5) is 9.18 Å². The van der Waals surface area contributed by atoms with Crippen molar-refractivity contribution in [2.45, 2.75) is 13.2 Å². The zero-order valence-electron chi connectivity index (χ0n) is 19.7. The van der Waals surface area contributed by atoms with Gasteiger partial charge in [-0.05, 0) is 85.5 Å². The quantitative estimate of drug-likeness (QED) is 0.212. The third-order valence-electron chi connectivity index (χ3n) is 5.93. The first kappa shape index (κ1) is 25.0. The van der Waals surface area contributed by atoms with Crippen molar-refractivity contribution < 1.29 is 23.5 Å². The van der Waals surface area contributed by atoms with Gasteiger partial charge in [0.2, 0.25) is 0 Å². The highest BCUT2D eigenvalue weighted by molar-refractivity contribution is 9.10. The summed E-state index contributed by atoms with van der Waals surface area (Å²) in [4.78, 5) is 27.5. The van der Waals surface area contributed by atoms with Crippen molar-refractivity contribution in [1.82, 2.24) is 4.90 Å². The lowest BCUT2D eigenvalue weighted by molar-refractivity contribution is -0.123. The number of imide groups is 1. The fraction of sp³-hybridized carbons (Fsp3) is 0.103. The lowest BCUT2D eigenvalue weighted by Gasteiger charge is -2.15. The van der Waals surface area contributed by atoms with Crippen molar-refractivity contribution >= 4 is 55.7 Å². The van der Waals surface area contributed by atoms with Crippen molar-refractivity contribution in [3.8, 4) is 11.5 Å². The van der Waals surface area contributed by atoms with Crippen LogP contribution < -0.4 is 9.47 Å². The number of carbonyl (C=O) groups is 2. The molecule has 0 bridgehead atoms. The smallest absolute Gasteiger partial charge is 0.293 e. The van der Waals surface area contributed by atoms with Crippen molar-refractivity contribution in [2.75, 3.05) is 7.11 Å². The molecule has 0 atom stereocenters. The van der Waals surface area contributed by atoms with Crippen LogP contribution in [-0.2, 0) is 17.9 Å². The number of methoxy groups -OCH3 is 1. The van der Waals surface area contributed by atoms with Gasteiger partial charge in [-0.3, -0.25) is 14.5 Å². The van der Waals surface area contributed by atoms with Crippen LogP contribution in [0.15, 0.2) is 88.2 Å². The summed E-state index contributed by atoms with van der Waals surface area (Å²) < 4.78 is 25.2. The van der Waals surface area contributed by atoms with Crippen LogP contribution >= 0.6 is 27.7 Å². The number of ether oxygens (including phenoxy) is 2. The number of benzene rings is 4. The molecule has 0 radical (unpaired) electrons. The van der Waals surface area contributed by atoms with Gasteiger partial charge in [-0.2, -0.15) is 0 Å². The largest absolute Gasteiger partial charge is 0.493 e. The molecule has 1 fully saturated rings.